The highest BCUT2D eigenvalue weighted by Gasteiger charge is 2.17. The predicted octanol–water partition coefficient (Wildman–Crippen LogP) is 2.99. The molecule has 0 bridgehead atoms. The number of hydrogen-bond donors (Lipinski definition) is 2. The molecule has 10 heteroatoms. The minimum absolute atomic E-state index is 0.0141. The topological polar surface area (TPSA) is 127 Å². The Morgan fingerprint density at radius 1 is 1.28 bits per heavy atom. The molecule has 0 saturated carbocycles. The summed E-state index contributed by atoms with van der Waals surface area (Å²) in [6, 6.07) is 8.95. The van der Waals surface area contributed by atoms with E-state index in [0.29, 0.717) is 17.1 Å². The van der Waals surface area contributed by atoms with Crippen molar-refractivity contribution >= 4 is 28.9 Å². The molecule has 0 fully saturated rings. The van der Waals surface area contributed by atoms with Crippen LogP contribution in [0.2, 0.25) is 5.02 Å². The van der Waals surface area contributed by atoms with E-state index in [1.165, 1.54) is 12.1 Å². The van der Waals surface area contributed by atoms with E-state index >= 15 is 0 Å². The number of nitro benzene ring substituents is 1. The molecule has 2 N–H and O–H groups in total. The van der Waals surface area contributed by atoms with Crippen LogP contribution >= 0.6 is 11.6 Å². The van der Waals surface area contributed by atoms with Gasteiger partial charge in [-0.25, -0.2) is 0 Å². The molecule has 0 spiro atoms. The molecule has 1 amide bonds. The number of anilines is 1. The maximum atomic E-state index is 12.5. The van der Waals surface area contributed by atoms with Crippen LogP contribution in [-0.4, -0.2) is 31.5 Å². The lowest BCUT2D eigenvalue weighted by Crippen LogP contribution is -2.13. The van der Waals surface area contributed by atoms with Crippen molar-refractivity contribution in [3.8, 4) is 11.4 Å². The summed E-state index contributed by atoms with van der Waals surface area (Å²) in [7, 11) is 0. The van der Waals surface area contributed by atoms with E-state index in [2.05, 4.69) is 25.9 Å². The van der Waals surface area contributed by atoms with Crippen LogP contribution in [0.4, 0.5) is 11.4 Å². The number of amides is 1. The molecule has 2 aromatic carbocycles. The quantitative estimate of drug-likeness (QED) is 0.545. The van der Waals surface area contributed by atoms with Gasteiger partial charge in [0.25, 0.3) is 11.6 Å². The van der Waals surface area contributed by atoms with Crippen molar-refractivity contribution in [2.45, 2.75) is 6.92 Å². The average Bonchev–Trinajstić information content (AvgIpc) is 3.11. The fourth-order valence-corrected chi connectivity index (χ4v) is 2.37. The number of tetrazole rings is 1. The number of nitrogens with zero attached hydrogens (tertiary/aromatic N) is 4. The van der Waals surface area contributed by atoms with Crippen molar-refractivity contribution in [3.63, 3.8) is 0 Å². The largest absolute Gasteiger partial charge is 0.322 e. The molecule has 126 valence electrons. The summed E-state index contributed by atoms with van der Waals surface area (Å²) in [5.74, 6) is -0.175. The molecular weight excluding hydrogens is 348 g/mol. The SMILES string of the molecule is Cc1ccc(-c2nn[nH]n2)cc1NC(=O)c1cc([N+](=O)[O-])ccc1Cl. The summed E-state index contributed by atoms with van der Waals surface area (Å²) in [5, 5.41) is 27.3. The lowest BCUT2D eigenvalue weighted by Gasteiger charge is -2.10. The number of benzene rings is 2. The first kappa shape index (κ1) is 16.5. The zero-order valence-electron chi connectivity index (χ0n) is 12.9. The third-order valence-corrected chi connectivity index (χ3v) is 3.82. The standard InChI is InChI=1S/C15H11ClN6O3/c1-8-2-3-9(14-18-20-21-19-14)6-13(8)17-15(23)11-7-10(22(24)25)4-5-12(11)16/h2-7H,1H3,(H,17,23)(H,18,19,20,21). The molecule has 0 aliphatic rings. The van der Waals surface area contributed by atoms with E-state index in [1.807, 2.05) is 6.92 Å². The second kappa shape index (κ2) is 6.65. The molecule has 0 saturated heterocycles. The molecule has 3 aromatic rings. The van der Waals surface area contributed by atoms with Gasteiger partial charge in [-0.1, -0.05) is 23.7 Å². The molecule has 9 nitrogen and oxygen atoms in total. The maximum Gasteiger partial charge on any atom is 0.270 e. The van der Waals surface area contributed by atoms with Crippen LogP contribution in [-0.2, 0) is 0 Å². The Kier molecular flexibility index (Phi) is 4.40. The van der Waals surface area contributed by atoms with Gasteiger partial charge >= 0.3 is 0 Å². The van der Waals surface area contributed by atoms with Gasteiger partial charge in [-0.15, -0.1) is 10.2 Å². The average molecular weight is 359 g/mol. The summed E-state index contributed by atoms with van der Waals surface area (Å²) in [4.78, 5) is 22.8. The van der Waals surface area contributed by atoms with Gasteiger partial charge in [0, 0.05) is 23.4 Å². The first-order valence-corrected chi connectivity index (χ1v) is 7.43. The lowest BCUT2D eigenvalue weighted by molar-refractivity contribution is -0.384. The Hall–Kier alpha value is -3.33. The predicted molar refractivity (Wildman–Crippen MR) is 90.4 cm³/mol. The second-order valence-corrected chi connectivity index (χ2v) is 5.55. The summed E-state index contributed by atoms with van der Waals surface area (Å²) in [6.07, 6.45) is 0. The minimum atomic E-state index is -0.588. The van der Waals surface area contributed by atoms with Crippen molar-refractivity contribution in [1.29, 1.82) is 0 Å². The monoisotopic (exact) mass is 358 g/mol. The smallest absolute Gasteiger partial charge is 0.270 e. The Morgan fingerprint density at radius 3 is 2.76 bits per heavy atom. The molecular formula is C15H11ClN6O3. The number of aryl methyl sites for hydroxylation is 1. The van der Waals surface area contributed by atoms with Crippen molar-refractivity contribution in [3.05, 3.63) is 62.7 Å². The van der Waals surface area contributed by atoms with Gasteiger partial charge in [0.1, 0.15) is 0 Å². The van der Waals surface area contributed by atoms with Crippen LogP contribution in [0, 0.1) is 17.0 Å². The van der Waals surface area contributed by atoms with Gasteiger partial charge in [-0.05, 0) is 29.8 Å². The molecule has 0 unspecified atom stereocenters. The maximum absolute atomic E-state index is 12.5. The number of nitro groups is 1. The lowest BCUT2D eigenvalue weighted by atomic mass is 10.1. The Bertz CT molecular complexity index is 958. The van der Waals surface area contributed by atoms with Crippen LogP contribution in [0.5, 0.6) is 0 Å². The Morgan fingerprint density at radius 2 is 2.08 bits per heavy atom. The number of aromatic nitrogens is 4. The highest BCUT2D eigenvalue weighted by Crippen LogP contribution is 2.26. The van der Waals surface area contributed by atoms with Gasteiger partial charge in [0.15, 0.2) is 0 Å². The van der Waals surface area contributed by atoms with Crippen LogP contribution in [0.15, 0.2) is 36.4 Å². The molecule has 25 heavy (non-hydrogen) atoms. The first-order chi connectivity index (χ1) is 12.0. The third kappa shape index (κ3) is 3.45. The van der Waals surface area contributed by atoms with E-state index in [0.717, 1.165) is 11.6 Å². The highest BCUT2D eigenvalue weighted by molar-refractivity contribution is 6.34. The molecule has 0 aliphatic carbocycles. The van der Waals surface area contributed by atoms with Gasteiger partial charge < -0.3 is 5.32 Å². The number of non-ortho nitro benzene ring substituents is 1. The summed E-state index contributed by atoms with van der Waals surface area (Å²) in [6.45, 7) is 1.81. The Balaban J connectivity index is 1.92. The van der Waals surface area contributed by atoms with Gasteiger partial charge in [-0.3, -0.25) is 14.9 Å². The van der Waals surface area contributed by atoms with Crippen LogP contribution < -0.4 is 5.32 Å². The first-order valence-electron chi connectivity index (χ1n) is 7.05. The second-order valence-electron chi connectivity index (χ2n) is 5.14. The Labute approximate surface area is 146 Å². The minimum Gasteiger partial charge on any atom is -0.322 e. The zero-order valence-corrected chi connectivity index (χ0v) is 13.6. The van der Waals surface area contributed by atoms with Gasteiger partial charge in [-0.2, -0.15) is 5.21 Å². The normalized spacial score (nSPS) is 10.5. The molecule has 0 radical (unpaired) electrons. The number of nitrogens with one attached hydrogen (secondary N) is 2. The summed E-state index contributed by atoms with van der Waals surface area (Å²) in [5.41, 5.74) is 1.75. The number of H-pyrrole nitrogens is 1. The van der Waals surface area contributed by atoms with E-state index in [1.54, 1.807) is 18.2 Å². The number of halogens is 1. The molecule has 1 heterocycles. The molecule has 1 aromatic heterocycles. The van der Waals surface area contributed by atoms with Crippen molar-refractivity contribution < 1.29 is 9.72 Å². The van der Waals surface area contributed by atoms with E-state index in [-0.39, 0.29) is 16.3 Å². The molecule has 3 rings (SSSR count). The third-order valence-electron chi connectivity index (χ3n) is 3.49. The van der Waals surface area contributed by atoms with Crippen LogP contribution in [0.1, 0.15) is 15.9 Å². The molecule has 0 atom stereocenters. The number of aromatic amines is 1. The number of hydrogen-bond acceptors (Lipinski definition) is 6. The number of rotatable bonds is 4. The van der Waals surface area contributed by atoms with E-state index in [9.17, 15) is 14.9 Å². The fourth-order valence-electron chi connectivity index (χ4n) is 2.17. The summed E-state index contributed by atoms with van der Waals surface area (Å²) >= 11 is 6.00. The van der Waals surface area contributed by atoms with Gasteiger partial charge in [0.2, 0.25) is 5.82 Å². The van der Waals surface area contributed by atoms with Crippen molar-refractivity contribution in [2.75, 3.05) is 5.32 Å². The zero-order chi connectivity index (χ0) is 18.0. The molecule has 0 aliphatic heterocycles. The van der Waals surface area contributed by atoms with E-state index < -0.39 is 10.8 Å². The number of carbonyl (C=O) groups is 1. The number of carbonyl (C=O) groups excluding carboxylic acids is 1. The van der Waals surface area contributed by atoms with Crippen molar-refractivity contribution in [1.82, 2.24) is 20.6 Å². The fraction of sp³-hybridized carbons (Fsp3) is 0.0667. The van der Waals surface area contributed by atoms with Crippen molar-refractivity contribution in [2.24, 2.45) is 0 Å². The van der Waals surface area contributed by atoms with Gasteiger partial charge in [0.05, 0.1) is 15.5 Å². The highest BCUT2D eigenvalue weighted by atomic mass is 35.5. The van der Waals surface area contributed by atoms with Crippen LogP contribution in [0.25, 0.3) is 11.4 Å². The summed E-state index contributed by atoms with van der Waals surface area (Å²) < 4.78 is 0. The van der Waals surface area contributed by atoms with E-state index in [4.69, 9.17) is 11.6 Å². The van der Waals surface area contributed by atoms with Crippen LogP contribution in [0.3, 0.4) is 0 Å².